The molecule has 2 atom stereocenters. The first-order valence-corrected chi connectivity index (χ1v) is 3.98. The number of ether oxygens (including phenoxy) is 2. The summed E-state index contributed by atoms with van der Waals surface area (Å²) < 4.78 is 14.9. The van der Waals surface area contributed by atoms with E-state index in [1.807, 2.05) is 0 Å². The molecule has 1 aliphatic rings. The van der Waals surface area contributed by atoms with Gasteiger partial charge in [-0.15, -0.1) is 0 Å². The number of furan rings is 1. The summed E-state index contributed by atoms with van der Waals surface area (Å²) in [4.78, 5) is 11.2. The van der Waals surface area contributed by atoms with Gasteiger partial charge >= 0.3 is 5.97 Å². The Balaban J connectivity index is 2.14. The predicted octanol–water partition coefficient (Wildman–Crippen LogP) is 1.28. The fraction of sp³-hybridized carbons (Fsp3) is 0.444. The summed E-state index contributed by atoms with van der Waals surface area (Å²) >= 11 is 0. The molecule has 1 aromatic heterocycles. The topological polar surface area (TPSA) is 52.0 Å². The van der Waals surface area contributed by atoms with Crippen LogP contribution in [-0.2, 0) is 14.3 Å². The number of hydrogen-bond acceptors (Lipinski definition) is 4. The van der Waals surface area contributed by atoms with Crippen molar-refractivity contribution in [3.8, 4) is 0 Å². The van der Waals surface area contributed by atoms with Crippen LogP contribution in [0.1, 0.15) is 18.8 Å². The van der Waals surface area contributed by atoms with E-state index in [0.29, 0.717) is 5.76 Å². The first-order valence-electron chi connectivity index (χ1n) is 3.98. The third-order valence-corrected chi connectivity index (χ3v) is 2.20. The summed E-state index contributed by atoms with van der Waals surface area (Å²) in [6.45, 7) is 1.69. The molecule has 0 bridgehead atoms. The number of carbonyl (C=O) groups is 1. The maximum absolute atomic E-state index is 11.2. The van der Waals surface area contributed by atoms with Crippen molar-refractivity contribution in [2.24, 2.45) is 0 Å². The summed E-state index contributed by atoms with van der Waals surface area (Å²) in [6, 6.07) is 3.54. The van der Waals surface area contributed by atoms with Crippen LogP contribution in [0.3, 0.4) is 0 Å². The van der Waals surface area contributed by atoms with Gasteiger partial charge in [-0.2, -0.15) is 0 Å². The monoisotopic (exact) mass is 182 g/mol. The molecule has 1 aromatic rings. The van der Waals surface area contributed by atoms with E-state index in [1.165, 1.54) is 7.11 Å². The van der Waals surface area contributed by atoms with E-state index < -0.39 is 5.60 Å². The van der Waals surface area contributed by atoms with E-state index in [0.717, 1.165) is 0 Å². The summed E-state index contributed by atoms with van der Waals surface area (Å²) in [5.74, 6) is 0.293. The highest BCUT2D eigenvalue weighted by Gasteiger charge is 2.62. The largest absolute Gasteiger partial charge is 0.467 e. The first kappa shape index (κ1) is 8.31. The van der Waals surface area contributed by atoms with Crippen molar-refractivity contribution in [2.75, 3.05) is 7.11 Å². The van der Waals surface area contributed by atoms with Crippen molar-refractivity contribution in [1.82, 2.24) is 0 Å². The molecule has 13 heavy (non-hydrogen) atoms. The molecule has 0 spiro atoms. The quantitative estimate of drug-likeness (QED) is 0.510. The van der Waals surface area contributed by atoms with Gasteiger partial charge in [0.1, 0.15) is 5.76 Å². The molecule has 0 N–H and O–H groups in total. The van der Waals surface area contributed by atoms with Gasteiger partial charge in [-0.3, -0.25) is 0 Å². The van der Waals surface area contributed by atoms with Crippen LogP contribution in [0.5, 0.6) is 0 Å². The maximum atomic E-state index is 11.2. The van der Waals surface area contributed by atoms with Crippen LogP contribution in [-0.4, -0.2) is 18.7 Å². The molecule has 0 amide bonds. The minimum atomic E-state index is -0.855. The molecular formula is C9H10O4. The van der Waals surface area contributed by atoms with Crippen LogP contribution in [0.25, 0.3) is 0 Å². The normalized spacial score (nSPS) is 31.4. The Kier molecular flexibility index (Phi) is 1.66. The average molecular weight is 182 g/mol. The second-order valence-corrected chi connectivity index (χ2v) is 3.11. The smallest absolute Gasteiger partial charge is 0.341 e. The number of epoxide rings is 1. The van der Waals surface area contributed by atoms with Gasteiger partial charge in [-0.05, 0) is 19.1 Å². The lowest BCUT2D eigenvalue weighted by Crippen LogP contribution is -2.22. The summed E-state index contributed by atoms with van der Waals surface area (Å²) in [5, 5.41) is 0. The Labute approximate surface area is 75.4 Å². The Morgan fingerprint density at radius 3 is 3.00 bits per heavy atom. The highest BCUT2D eigenvalue weighted by molar-refractivity contribution is 5.82. The van der Waals surface area contributed by atoms with Crippen LogP contribution in [0.4, 0.5) is 0 Å². The molecular weight excluding hydrogens is 172 g/mol. The molecule has 4 heteroatoms. The van der Waals surface area contributed by atoms with Crippen LogP contribution in [0.15, 0.2) is 22.8 Å². The lowest BCUT2D eigenvalue weighted by molar-refractivity contribution is -0.146. The van der Waals surface area contributed by atoms with E-state index in [-0.39, 0.29) is 12.1 Å². The van der Waals surface area contributed by atoms with Crippen LogP contribution in [0.2, 0.25) is 0 Å². The second kappa shape index (κ2) is 2.60. The SMILES string of the molecule is COC(=O)C1(C)OC1c1ccco1. The zero-order valence-electron chi connectivity index (χ0n) is 7.44. The Morgan fingerprint density at radius 2 is 2.46 bits per heavy atom. The first-order chi connectivity index (χ1) is 6.18. The van der Waals surface area contributed by atoms with Crippen molar-refractivity contribution in [2.45, 2.75) is 18.6 Å². The lowest BCUT2D eigenvalue weighted by Gasteiger charge is -2.01. The molecule has 2 unspecified atom stereocenters. The number of hydrogen-bond donors (Lipinski definition) is 0. The molecule has 2 heterocycles. The van der Waals surface area contributed by atoms with Crippen molar-refractivity contribution in [3.05, 3.63) is 24.2 Å². The molecule has 4 nitrogen and oxygen atoms in total. The van der Waals surface area contributed by atoms with Crippen LogP contribution in [0, 0.1) is 0 Å². The van der Waals surface area contributed by atoms with Crippen LogP contribution < -0.4 is 0 Å². The zero-order valence-corrected chi connectivity index (χ0v) is 7.44. The molecule has 70 valence electrons. The fourth-order valence-electron chi connectivity index (χ4n) is 1.34. The average Bonchev–Trinajstić information content (AvgIpc) is 2.65. The van der Waals surface area contributed by atoms with E-state index in [1.54, 1.807) is 25.3 Å². The number of methoxy groups -OCH3 is 1. The number of carbonyl (C=O) groups excluding carboxylic acids is 1. The maximum Gasteiger partial charge on any atom is 0.341 e. The Morgan fingerprint density at radius 1 is 1.69 bits per heavy atom. The minimum Gasteiger partial charge on any atom is -0.467 e. The third-order valence-electron chi connectivity index (χ3n) is 2.20. The minimum absolute atomic E-state index is 0.296. The molecule has 1 fully saturated rings. The van der Waals surface area contributed by atoms with Gasteiger partial charge in [0.15, 0.2) is 11.7 Å². The second-order valence-electron chi connectivity index (χ2n) is 3.11. The van der Waals surface area contributed by atoms with Gasteiger partial charge < -0.3 is 13.9 Å². The van der Waals surface area contributed by atoms with Crippen molar-refractivity contribution in [3.63, 3.8) is 0 Å². The summed E-state index contributed by atoms with van der Waals surface area (Å²) in [5.41, 5.74) is -0.855. The predicted molar refractivity (Wildman–Crippen MR) is 43.0 cm³/mol. The van der Waals surface area contributed by atoms with Gasteiger partial charge in [0, 0.05) is 0 Å². The van der Waals surface area contributed by atoms with E-state index in [9.17, 15) is 4.79 Å². The van der Waals surface area contributed by atoms with E-state index in [4.69, 9.17) is 9.15 Å². The van der Waals surface area contributed by atoms with Crippen molar-refractivity contribution < 1.29 is 18.7 Å². The van der Waals surface area contributed by atoms with Gasteiger partial charge in [0.05, 0.1) is 13.4 Å². The highest BCUT2D eigenvalue weighted by Crippen LogP contribution is 2.50. The number of esters is 1. The highest BCUT2D eigenvalue weighted by atomic mass is 16.7. The number of rotatable bonds is 2. The molecule has 0 aliphatic carbocycles. The van der Waals surface area contributed by atoms with Crippen molar-refractivity contribution >= 4 is 5.97 Å². The van der Waals surface area contributed by atoms with Crippen molar-refractivity contribution in [1.29, 1.82) is 0 Å². The molecule has 0 aromatic carbocycles. The van der Waals surface area contributed by atoms with E-state index in [2.05, 4.69) is 4.74 Å². The van der Waals surface area contributed by atoms with E-state index >= 15 is 0 Å². The molecule has 2 rings (SSSR count). The Bertz CT molecular complexity index is 316. The summed E-state index contributed by atoms with van der Waals surface area (Å²) in [7, 11) is 1.34. The van der Waals surface area contributed by atoms with Gasteiger partial charge in [-0.1, -0.05) is 0 Å². The zero-order chi connectivity index (χ0) is 9.47. The van der Waals surface area contributed by atoms with Gasteiger partial charge in [-0.25, -0.2) is 4.79 Å². The standard InChI is InChI=1S/C9H10O4/c1-9(8(10)11-2)7(13-9)6-4-3-5-12-6/h3-5,7H,1-2H3. The Hall–Kier alpha value is -1.29. The van der Waals surface area contributed by atoms with Gasteiger partial charge in [0.25, 0.3) is 0 Å². The third kappa shape index (κ3) is 1.14. The molecule has 0 saturated carbocycles. The summed E-state index contributed by atoms with van der Waals surface area (Å²) in [6.07, 6.45) is 1.25. The molecule has 0 radical (unpaired) electrons. The van der Waals surface area contributed by atoms with Gasteiger partial charge in [0.2, 0.25) is 0 Å². The van der Waals surface area contributed by atoms with Crippen LogP contribution >= 0.6 is 0 Å². The molecule has 1 aliphatic heterocycles. The fourth-order valence-corrected chi connectivity index (χ4v) is 1.34. The molecule has 1 saturated heterocycles. The lowest BCUT2D eigenvalue weighted by atomic mass is 10.1.